The molecule has 0 amide bonds. The van der Waals surface area contributed by atoms with Gasteiger partial charge in [0.25, 0.3) is 0 Å². The van der Waals surface area contributed by atoms with Gasteiger partial charge in [-0.15, -0.1) is 0 Å². The van der Waals surface area contributed by atoms with E-state index in [-0.39, 0.29) is 5.57 Å². The molecule has 0 spiro atoms. The van der Waals surface area contributed by atoms with E-state index in [9.17, 15) is 14.7 Å². The van der Waals surface area contributed by atoms with E-state index in [1.807, 2.05) is 6.92 Å². The second-order valence-corrected chi connectivity index (χ2v) is 4.35. The van der Waals surface area contributed by atoms with Crippen molar-refractivity contribution in [3.63, 3.8) is 0 Å². The number of aliphatic carboxylic acids is 1. The lowest BCUT2D eigenvalue weighted by molar-refractivity contribution is -0.132. The summed E-state index contributed by atoms with van der Waals surface area (Å²) >= 11 is 0. The zero-order chi connectivity index (χ0) is 14.5. The van der Waals surface area contributed by atoms with Crippen LogP contribution >= 0.6 is 0 Å². The van der Waals surface area contributed by atoms with E-state index < -0.39 is 11.8 Å². The molecule has 4 nitrogen and oxygen atoms in total. The molecule has 1 aromatic heterocycles. The molecule has 1 aromatic carbocycles. The second kappa shape index (κ2) is 5.93. The number of carbonyl (C=O) groups is 2. The average Bonchev–Trinajstić information content (AvgIpc) is 2.45. The van der Waals surface area contributed by atoms with Crippen LogP contribution in [-0.2, 0) is 4.79 Å². The summed E-state index contributed by atoms with van der Waals surface area (Å²) in [6.45, 7) is 1.85. The van der Waals surface area contributed by atoms with Crippen LogP contribution in [0, 0.1) is 6.92 Å². The van der Waals surface area contributed by atoms with Crippen molar-refractivity contribution in [3.05, 3.63) is 71.1 Å². The van der Waals surface area contributed by atoms with Gasteiger partial charge in [-0.3, -0.25) is 9.78 Å². The fourth-order valence-corrected chi connectivity index (χ4v) is 1.79. The molecule has 0 aliphatic carbocycles. The summed E-state index contributed by atoms with van der Waals surface area (Å²) in [5, 5.41) is 9.23. The predicted octanol–water partition coefficient (Wildman–Crippen LogP) is 2.74. The molecule has 0 aliphatic heterocycles. The van der Waals surface area contributed by atoms with Crippen LogP contribution in [0.15, 0.2) is 54.4 Å². The first-order valence-corrected chi connectivity index (χ1v) is 6.04. The van der Waals surface area contributed by atoms with Gasteiger partial charge >= 0.3 is 5.97 Å². The monoisotopic (exact) mass is 267 g/mol. The number of aromatic nitrogens is 1. The van der Waals surface area contributed by atoms with Gasteiger partial charge in [-0.1, -0.05) is 30.3 Å². The van der Waals surface area contributed by atoms with Gasteiger partial charge in [-0.25, -0.2) is 4.79 Å². The van der Waals surface area contributed by atoms with Gasteiger partial charge in [-0.2, -0.15) is 0 Å². The van der Waals surface area contributed by atoms with Crippen molar-refractivity contribution in [1.82, 2.24) is 4.98 Å². The molecule has 1 heterocycles. The first kappa shape index (κ1) is 13.7. The Balaban J connectivity index is 2.42. The molecule has 0 bridgehead atoms. The van der Waals surface area contributed by atoms with Gasteiger partial charge in [0.15, 0.2) is 5.78 Å². The SMILES string of the molecule is Cc1cncc(/C=C(\C(=O)O)C(=O)c2ccccc2)c1. The molecule has 0 saturated heterocycles. The summed E-state index contributed by atoms with van der Waals surface area (Å²) in [6, 6.07) is 10.1. The van der Waals surface area contributed by atoms with Crippen LogP contribution in [0.4, 0.5) is 0 Å². The Morgan fingerprint density at radius 3 is 2.45 bits per heavy atom. The highest BCUT2D eigenvalue weighted by atomic mass is 16.4. The Morgan fingerprint density at radius 2 is 1.85 bits per heavy atom. The van der Waals surface area contributed by atoms with Gasteiger partial charge in [0.2, 0.25) is 0 Å². The van der Waals surface area contributed by atoms with Crippen LogP contribution in [0.1, 0.15) is 21.5 Å². The third-order valence-corrected chi connectivity index (χ3v) is 2.72. The minimum absolute atomic E-state index is 0.274. The molecule has 0 fully saturated rings. The summed E-state index contributed by atoms with van der Waals surface area (Å²) in [4.78, 5) is 27.5. The highest BCUT2D eigenvalue weighted by molar-refractivity contribution is 6.26. The third kappa shape index (κ3) is 3.17. The van der Waals surface area contributed by atoms with E-state index in [0.29, 0.717) is 11.1 Å². The summed E-state index contributed by atoms with van der Waals surface area (Å²) in [5.74, 6) is -1.76. The van der Waals surface area contributed by atoms with Gasteiger partial charge in [0.05, 0.1) is 0 Å². The fraction of sp³-hybridized carbons (Fsp3) is 0.0625. The lowest BCUT2D eigenvalue weighted by Gasteiger charge is -2.03. The molecule has 1 N–H and O–H groups in total. The molecular weight excluding hydrogens is 254 g/mol. The van der Waals surface area contributed by atoms with Crippen molar-refractivity contribution >= 4 is 17.8 Å². The van der Waals surface area contributed by atoms with Crippen LogP contribution in [0.3, 0.4) is 0 Å². The molecule has 4 heteroatoms. The second-order valence-electron chi connectivity index (χ2n) is 4.35. The third-order valence-electron chi connectivity index (χ3n) is 2.72. The van der Waals surface area contributed by atoms with E-state index in [1.54, 1.807) is 42.6 Å². The van der Waals surface area contributed by atoms with E-state index in [2.05, 4.69) is 4.98 Å². The summed E-state index contributed by atoms with van der Waals surface area (Å²) in [5.41, 5.74) is 1.56. The Kier molecular flexibility index (Phi) is 4.05. The van der Waals surface area contributed by atoms with Crippen molar-refractivity contribution in [1.29, 1.82) is 0 Å². The lowest BCUT2D eigenvalue weighted by atomic mass is 10.0. The number of hydrogen-bond donors (Lipinski definition) is 1. The Hall–Kier alpha value is -2.75. The van der Waals surface area contributed by atoms with E-state index in [1.165, 1.54) is 12.3 Å². The molecule has 0 saturated carbocycles. The molecule has 0 unspecified atom stereocenters. The molecule has 2 aromatic rings. The maximum atomic E-state index is 12.2. The van der Waals surface area contributed by atoms with Gasteiger partial charge in [0.1, 0.15) is 5.57 Å². The zero-order valence-electron chi connectivity index (χ0n) is 10.9. The molecule has 2 rings (SSSR count). The number of benzene rings is 1. The summed E-state index contributed by atoms with van der Waals surface area (Å²) in [7, 11) is 0. The largest absolute Gasteiger partial charge is 0.478 e. The molecular formula is C16H13NO3. The lowest BCUT2D eigenvalue weighted by Crippen LogP contribution is -2.12. The minimum Gasteiger partial charge on any atom is -0.478 e. The molecule has 0 radical (unpaired) electrons. The Labute approximate surface area is 116 Å². The quantitative estimate of drug-likeness (QED) is 0.400. The number of carboxylic acid groups (broad SMARTS) is 1. The van der Waals surface area contributed by atoms with Gasteiger partial charge in [0, 0.05) is 18.0 Å². The number of nitrogens with zero attached hydrogens (tertiary/aromatic N) is 1. The van der Waals surface area contributed by atoms with Crippen LogP contribution in [0.2, 0.25) is 0 Å². The Morgan fingerprint density at radius 1 is 1.15 bits per heavy atom. The number of hydrogen-bond acceptors (Lipinski definition) is 3. The molecule has 100 valence electrons. The Bertz CT molecular complexity index is 675. The first-order valence-electron chi connectivity index (χ1n) is 6.04. The van der Waals surface area contributed by atoms with Crippen LogP contribution in [-0.4, -0.2) is 21.8 Å². The number of aryl methyl sites for hydroxylation is 1. The number of carbonyl (C=O) groups excluding carboxylic acids is 1. The minimum atomic E-state index is -1.25. The first-order chi connectivity index (χ1) is 9.58. The number of ketones is 1. The van der Waals surface area contributed by atoms with Gasteiger partial charge < -0.3 is 5.11 Å². The van der Waals surface area contributed by atoms with Crippen molar-refractivity contribution in [2.45, 2.75) is 6.92 Å². The van der Waals surface area contributed by atoms with Crippen molar-refractivity contribution in [2.75, 3.05) is 0 Å². The summed E-state index contributed by atoms with van der Waals surface area (Å²) < 4.78 is 0. The molecule has 0 aliphatic rings. The van der Waals surface area contributed by atoms with Crippen LogP contribution in [0.25, 0.3) is 6.08 Å². The molecule has 0 atom stereocenters. The smallest absolute Gasteiger partial charge is 0.339 e. The predicted molar refractivity (Wildman–Crippen MR) is 75.4 cm³/mol. The zero-order valence-corrected chi connectivity index (χ0v) is 10.9. The van der Waals surface area contributed by atoms with Crippen molar-refractivity contribution in [3.8, 4) is 0 Å². The average molecular weight is 267 g/mol. The standard InChI is InChI=1S/C16H13NO3/c1-11-7-12(10-17-9-11)8-14(16(19)20)15(18)13-5-3-2-4-6-13/h2-10H,1H3,(H,19,20)/b14-8-. The molecule has 20 heavy (non-hydrogen) atoms. The van der Waals surface area contributed by atoms with Crippen molar-refractivity contribution < 1.29 is 14.7 Å². The fourth-order valence-electron chi connectivity index (χ4n) is 1.79. The topological polar surface area (TPSA) is 67.3 Å². The number of pyridine rings is 1. The maximum Gasteiger partial charge on any atom is 0.339 e. The van der Waals surface area contributed by atoms with E-state index in [0.717, 1.165) is 5.56 Å². The van der Waals surface area contributed by atoms with E-state index in [4.69, 9.17) is 0 Å². The maximum absolute atomic E-state index is 12.2. The number of Topliss-reactive ketones (excluding diaryl/α,β-unsaturated/α-hetero) is 1. The number of carboxylic acids is 1. The normalized spacial score (nSPS) is 11.2. The van der Waals surface area contributed by atoms with Crippen LogP contribution in [0.5, 0.6) is 0 Å². The van der Waals surface area contributed by atoms with Gasteiger partial charge in [-0.05, 0) is 30.2 Å². The van der Waals surface area contributed by atoms with E-state index >= 15 is 0 Å². The highest BCUT2D eigenvalue weighted by Crippen LogP contribution is 2.13. The number of rotatable bonds is 4. The van der Waals surface area contributed by atoms with Crippen molar-refractivity contribution in [2.24, 2.45) is 0 Å². The summed E-state index contributed by atoms with van der Waals surface area (Å²) in [6.07, 6.45) is 4.53. The highest BCUT2D eigenvalue weighted by Gasteiger charge is 2.18. The van der Waals surface area contributed by atoms with Crippen LogP contribution < -0.4 is 0 Å².